The van der Waals surface area contributed by atoms with Crippen LogP contribution in [0.15, 0.2) is 30.6 Å². The standard InChI is InChI=1S/C20H25N3O/c1-20(11-10-18-19(12-20)22(2)14-21-18)23(3)16-6-8-17(9-7-16)24-13-15-4-5-15/h6-10,12,14-15H,4-5,11,13H2,1-3H3. The summed E-state index contributed by atoms with van der Waals surface area (Å²) in [7, 11) is 4.21. The third kappa shape index (κ3) is 2.81. The van der Waals surface area contributed by atoms with E-state index in [9.17, 15) is 0 Å². The minimum absolute atomic E-state index is 0.0584. The molecule has 1 atom stereocenters. The van der Waals surface area contributed by atoms with Gasteiger partial charge in [0, 0.05) is 19.8 Å². The molecule has 1 aromatic carbocycles. The van der Waals surface area contributed by atoms with E-state index in [4.69, 9.17) is 4.74 Å². The average molecular weight is 323 g/mol. The minimum atomic E-state index is -0.0584. The number of hydrogen-bond donors (Lipinski definition) is 0. The fraction of sp³-hybridized carbons (Fsp3) is 0.450. The fourth-order valence-electron chi connectivity index (χ4n) is 3.24. The van der Waals surface area contributed by atoms with Crippen LogP contribution in [0.5, 0.6) is 5.75 Å². The largest absolute Gasteiger partial charge is 0.493 e. The van der Waals surface area contributed by atoms with Gasteiger partial charge < -0.3 is 14.2 Å². The van der Waals surface area contributed by atoms with E-state index in [0.717, 1.165) is 30.0 Å². The van der Waals surface area contributed by atoms with Gasteiger partial charge in [-0.1, -0.05) is 6.08 Å². The molecule has 1 unspecified atom stereocenters. The van der Waals surface area contributed by atoms with E-state index in [1.54, 1.807) is 0 Å². The number of aryl methyl sites for hydroxylation is 1. The number of nitrogens with zero attached hydrogens (tertiary/aromatic N) is 3. The summed E-state index contributed by atoms with van der Waals surface area (Å²) in [4.78, 5) is 6.78. The predicted molar refractivity (Wildman–Crippen MR) is 97.5 cm³/mol. The molecule has 1 heterocycles. The van der Waals surface area contributed by atoms with Gasteiger partial charge in [0.25, 0.3) is 0 Å². The molecule has 0 saturated heterocycles. The molecular weight excluding hydrogens is 298 g/mol. The van der Waals surface area contributed by atoms with E-state index in [1.165, 1.54) is 23.9 Å². The maximum absolute atomic E-state index is 5.84. The van der Waals surface area contributed by atoms with Gasteiger partial charge in [0.2, 0.25) is 0 Å². The molecule has 4 heteroatoms. The molecule has 0 N–H and O–H groups in total. The molecule has 1 aromatic heterocycles. The molecule has 2 aromatic rings. The summed E-state index contributed by atoms with van der Waals surface area (Å²) in [6.45, 7) is 3.13. The molecule has 4 rings (SSSR count). The Labute approximate surface area is 143 Å². The molecule has 1 saturated carbocycles. The van der Waals surface area contributed by atoms with Gasteiger partial charge in [-0.2, -0.15) is 0 Å². The monoisotopic (exact) mass is 323 g/mol. The van der Waals surface area contributed by atoms with Crippen LogP contribution in [0.2, 0.25) is 0 Å². The van der Waals surface area contributed by atoms with Crippen molar-refractivity contribution in [3.8, 4) is 5.75 Å². The van der Waals surface area contributed by atoms with Crippen LogP contribution in [-0.4, -0.2) is 28.7 Å². The third-order valence-electron chi connectivity index (χ3n) is 5.34. The molecular formula is C20H25N3O. The van der Waals surface area contributed by atoms with Crippen LogP contribution in [0, 0.1) is 5.92 Å². The number of ether oxygens (including phenoxy) is 1. The van der Waals surface area contributed by atoms with Crippen LogP contribution in [0.3, 0.4) is 0 Å². The van der Waals surface area contributed by atoms with E-state index >= 15 is 0 Å². The van der Waals surface area contributed by atoms with Crippen LogP contribution in [-0.2, 0) is 7.05 Å². The Morgan fingerprint density at radius 3 is 2.75 bits per heavy atom. The Bertz CT molecular complexity index is 848. The molecule has 24 heavy (non-hydrogen) atoms. The molecule has 0 aliphatic heterocycles. The van der Waals surface area contributed by atoms with Crippen LogP contribution < -0.4 is 20.3 Å². The summed E-state index contributed by atoms with van der Waals surface area (Å²) in [5, 5.41) is 2.28. The Morgan fingerprint density at radius 1 is 1.29 bits per heavy atom. The average Bonchev–Trinajstić information content (AvgIpc) is 3.36. The lowest BCUT2D eigenvalue weighted by molar-refractivity contribution is 0.300. The molecule has 0 bridgehead atoms. The number of hydrogen-bond acceptors (Lipinski definition) is 3. The van der Waals surface area contributed by atoms with Crippen molar-refractivity contribution in [3.63, 3.8) is 0 Å². The topological polar surface area (TPSA) is 30.3 Å². The van der Waals surface area contributed by atoms with Gasteiger partial charge in [-0.25, -0.2) is 4.98 Å². The molecule has 0 amide bonds. The van der Waals surface area contributed by atoms with Crippen molar-refractivity contribution in [1.82, 2.24) is 9.55 Å². The lowest BCUT2D eigenvalue weighted by Gasteiger charge is -2.38. The van der Waals surface area contributed by atoms with Crippen molar-refractivity contribution in [2.75, 3.05) is 18.6 Å². The zero-order valence-electron chi connectivity index (χ0n) is 14.7. The van der Waals surface area contributed by atoms with Crippen LogP contribution in [0.1, 0.15) is 26.2 Å². The summed E-state index contributed by atoms with van der Waals surface area (Å²) < 4.78 is 7.93. The SMILES string of the molecule is CN(c1ccc(OCC2CC2)cc1)C1(C)C=c2c(ncn2C)=CC1. The van der Waals surface area contributed by atoms with Gasteiger partial charge in [-0.15, -0.1) is 0 Å². The van der Waals surface area contributed by atoms with Gasteiger partial charge in [-0.05, 0) is 62.4 Å². The lowest BCUT2D eigenvalue weighted by atomic mass is 9.91. The van der Waals surface area contributed by atoms with Crippen LogP contribution >= 0.6 is 0 Å². The number of anilines is 1. The Hall–Kier alpha value is -2.23. The van der Waals surface area contributed by atoms with Gasteiger partial charge in [0.05, 0.1) is 29.2 Å². The highest BCUT2D eigenvalue weighted by Crippen LogP contribution is 2.31. The molecule has 2 aliphatic carbocycles. The minimum Gasteiger partial charge on any atom is -0.493 e. The molecule has 4 nitrogen and oxygen atoms in total. The van der Waals surface area contributed by atoms with E-state index in [-0.39, 0.29) is 5.54 Å². The normalized spacial score (nSPS) is 22.3. The smallest absolute Gasteiger partial charge is 0.119 e. The maximum atomic E-state index is 5.84. The van der Waals surface area contributed by atoms with E-state index in [0.29, 0.717) is 0 Å². The maximum Gasteiger partial charge on any atom is 0.119 e. The highest BCUT2D eigenvalue weighted by Gasteiger charge is 2.28. The van der Waals surface area contributed by atoms with Gasteiger partial charge in [0.15, 0.2) is 0 Å². The Balaban J connectivity index is 1.55. The number of imidazole rings is 1. The number of rotatable bonds is 5. The summed E-state index contributed by atoms with van der Waals surface area (Å²) in [5.41, 5.74) is 1.14. The Morgan fingerprint density at radius 2 is 2.04 bits per heavy atom. The quantitative estimate of drug-likeness (QED) is 0.844. The molecule has 126 valence electrons. The molecule has 0 radical (unpaired) electrons. The highest BCUT2D eigenvalue weighted by molar-refractivity contribution is 5.59. The van der Waals surface area contributed by atoms with Crippen molar-refractivity contribution in [1.29, 1.82) is 0 Å². The summed E-state index contributed by atoms with van der Waals surface area (Å²) in [6, 6.07) is 8.47. The fourth-order valence-corrected chi connectivity index (χ4v) is 3.24. The number of aromatic nitrogens is 2. The predicted octanol–water partition coefficient (Wildman–Crippen LogP) is 2.07. The number of fused-ring (bicyclic) bond motifs is 1. The van der Waals surface area contributed by atoms with Crippen molar-refractivity contribution in [2.24, 2.45) is 13.0 Å². The van der Waals surface area contributed by atoms with Crippen molar-refractivity contribution in [3.05, 3.63) is 41.3 Å². The van der Waals surface area contributed by atoms with Gasteiger partial charge >= 0.3 is 0 Å². The van der Waals surface area contributed by atoms with Crippen molar-refractivity contribution < 1.29 is 4.74 Å². The van der Waals surface area contributed by atoms with Gasteiger partial charge in [0.1, 0.15) is 5.75 Å². The second kappa shape index (κ2) is 5.69. The summed E-state index contributed by atoms with van der Waals surface area (Å²) >= 11 is 0. The molecule has 2 aliphatic rings. The van der Waals surface area contributed by atoms with E-state index < -0.39 is 0 Å². The first kappa shape index (κ1) is 15.3. The van der Waals surface area contributed by atoms with Crippen molar-refractivity contribution in [2.45, 2.75) is 31.7 Å². The zero-order chi connectivity index (χ0) is 16.7. The first-order valence-corrected chi connectivity index (χ1v) is 8.72. The van der Waals surface area contributed by atoms with Crippen LogP contribution in [0.25, 0.3) is 12.2 Å². The Kier molecular flexibility index (Phi) is 3.63. The molecule has 1 fully saturated rings. The van der Waals surface area contributed by atoms with E-state index in [2.05, 4.69) is 64.8 Å². The third-order valence-corrected chi connectivity index (χ3v) is 5.34. The van der Waals surface area contributed by atoms with Crippen molar-refractivity contribution >= 4 is 17.8 Å². The lowest BCUT2D eigenvalue weighted by Crippen LogP contribution is -2.48. The van der Waals surface area contributed by atoms with Gasteiger partial charge in [-0.3, -0.25) is 0 Å². The first-order valence-electron chi connectivity index (χ1n) is 8.72. The first-order chi connectivity index (χ1) is 11.5. The summed E-state index contributed by atoms with van der Waals surface area (Å²) in [5.74, 6) is 1.75. The highest BCUT2D eigenvalue weighted by atomic mass is 16.5. The zero-order valence-corrected chi connectivity index (χ0v) is 14.7. The van der Waals surface area contributed by atoms with E-state index in [1.807, 2.05) is 13.4 Å². The second-order valence-corrected chi connectivity index (χ2v) is 7.34. The van der Waals surface area contributed by atoms with Crippen LogP contribution in [0.4, 0.5) is 5.69 Å². The number of benzene rings is 1. The molecule has 0 spiro atoms. The summed E-state index contributed by atoms with van der Waals surface area (Å²) in [6.07, 6.45) is 10.0. The second-order valence-electron chi connectivity index (χ2n) is 7.34.